The molecule has 1 unspecified atom stereocenters. The minimum absolute atomic E-state index is 0.0115. The highest BCUT2D eigenvalue weighted by Crippen LogP contribution is 2.48. The van der Waals surface area contributed by atoms with Crippen molar-refractivity contribution in [1.29, 1.82) is 0 Å². The zero-order valence-corrected chi connectivity index (χ0v) is 28.0. The number of aromatic nitrogens is 4. The average Bonchev–Trinajstić information content (AvgIpc) is 3.58. The molecule has 0 radical (unpaired) electrons. The Morgan fingerprint density at radius 2 is 1.94 bits per heavy atom. The number of hydrogen-bond acceptors (Lipinski definition) is 11. The number of halogens is 1. The zero-order chi connectivity index (χ0) is 33.1. The van der Waals surface area contributed by atoms with Crippen molar-refractivity contribution in [2.75, 3.05) is 12.3 Å². The molecule has 4 aromatic rings. The third-order valence-corrected chi connectivity index (χ3v) is 10.2. The Balaban J connectivity index is 1.24. The van der Waals surface area contributed by atoms with Gasteiger partial charge in [-0.1, -0.05) is 56.7 Å². The van der Waals surface area contributed by atoms with Gasteiger partial charge in [-0.3, -0.25) is 13.9 Å². The van der Waals surface area contributed by atoms with Crippen LogP contribution in [0.1, 0.15) is 65.0 Å². The normalized spacial score (nSPS) is 22.4. The first-order chi connectivity index (χ1) is 22.6. The number of carbonyl (C=O) groups excluding carboxylic acids is 1. The fourth-order valence-corrected chi connectivity index (χ4v) is 7.98. The first kappa shape index (κ1) is 33.6. The summed E-state index contributed by atoms with van der Waals surface area (Å²) in [6.07, 6.45) is 3.56. The maximum absolute atomic E-state index is 14.7. The first-order valence-corrected chi connectivity index (χ1v) is 17.9. The molecule has 2 aromatic heterocycles. The molecule has 0 amide bonds. The molecule has 1 saturated heterocycles. The fourth-order valence-electron chi connectivity index (χ4n) is 6.16. The Kier molecular flexibility index (Phi) is 10.3. The molecule has 1 aliphatic carbocycles. The Bertz CT molecular complexity index is 1760. The summed E-state index contributed by atoms with van der Waals surface area (Å²) in [5.41, 5.74) is 6.52. The van der Waals surface area contributed by atoms with Crippen LogP contribution in [0, 0.1) is 5.92 Å². The number of ether oxygens (including phenoxy) is 2. The third-order valence-electron chi connectivity index (χ3n) is 8.42. The van der Waals surface area contributed by atoms with Gasteiger partial charge in [-0.15, -0.1) is 0 Å². The number of hydrogen-bond donors (Lipinski definition) is 3. The van der Waals surface area contributed by atoms with E-state index < -0.39 is 38.2 Å². The molecule has 2 aliphatic rings. The van der Waals surface area contributed by atoms with Gasteiger partial charge in [0.2, 0.25) is 5.28 Å². The number of fused-ring (bicyclic) bond motifs is 2. The van der Waals surface area contributed by atoms with Crippen LogP contribution in [0.15, 0.2) is 48.8 Å². The van der Waals surface area contributed by atoms with E-state index in [0.717, 1.165) is 42.9 Å². The second kappa shape index (κ2) is 14.4. The molecule has 3 heterocycles. The van der Waals surface area contributed by atoms with Crippen molar-refractivity contribution in [3.63, 3.8) is 0 Å². The second-order valence-electron chi connectivity index (χ2n) is 12.5. The highest BCUT2D eigenvalue weighted by Gasteiger charge is 2.41. The van der Waals surface area contributed by atoms with Crippen molar-refractivity contribution in [1.82, 2.24) is 24.6 Å². The van der Waals surface area contributed by atoms with Gasteiger partial charge in [0.25, 0.3) is 0 Å². The minimum Gasteiger partial charge on any atom is -0.461 e. The van der Waals surface area contributed by atoms with Gasteiger partial charge in [-0.25, -0.2) is 19.5 Å². The van der Waals surface area contributed by atoms with Crippen molar-refractivity contribution in [3.05, 3.63) is 54.1 Å². The summed E-state index contributed by atoms with van der Waals surface area (Å²) >= 11 is 6.41. The molecule has 5 atom stereocenters. The van der Waals surface area contributed by atoms with E-state index in [2.05, 4.69) is 20.0 Å². The van der Waals surface area contributed by atoms with Crippen molar-refractivity contribution in [2.24, 2.45) is 5.92 Å². The standard InChI is InChI=1S/C32H40ClN6O7P/c1-19(2)15-24(31(41)45-21-11-4-3-5-12-21)38-47(42,46-26-14-8-10-20-9-6-7-13-23(20)26)43-17-22-16-25(40)30(44-22)39-29-27(37-32(39)33)28(34)35-18-36-29/h6-10,13-14,18-19,21-22,24-25,30,40H,3-5,11-12,15-17H2,1-2H3,(H,38,42)(H2,34,35,36)/t22-,24-,25-,30+,47?/m0/s1. The van der Waals surface area contributed by atoms with E-state index in [0.29, 0.717) is 17.8 Å². The maximum atomic E-state index is 14.7. The Morgan fingerprint density at radius 1 is 1.17 bits per heavy atom. The predicted octanol–water partition coefficient (Wildman–Crippen LogP) is 5.95. The van der Waals surface area contributed by atoms with Crippen LogP contribution < -0.4 is 15.3 Å². The van der Waals surface area contributed by atoms with Gasteiger partial charge in [0.05, 0.1) is 12.7 Å². The molecule has 252 valence electrons. The molecule has 6 rings (SSSR count). The van der Waals surface area contributed by atoms with Crippen molar-refractivity contribution in [2.45, 2.75) is 89.4 Å². The van der Waals surface area contributed by atoms with Crippen molar-refractivity contribution >= 4 is 53.1 Å². The van der Waals surface area contributed by atoms with Gasteiger partial charge in [-0.05, 0) is 61.1 Å². The summed E-state index contributed by atoms with van der Waals surface area (Å²) in [4.78, 5) is 25.9. The number of nitrogens with one attached hydrogen (secondary N) is 1. The average molecular weight is 687 g/mol. The largest absolute Gasteiger partial charge is 0.461 e. The molecule has 1 aliphatic heterocycles. The Morgan fingerprint density at radius 3 is 2.72 bits per heavy atom. The summed E-state index contributed by atoms with van der Waals surface area (Å²) in [6.45, 7) is 3.70. The van der Waals surface area contributed by atoms with Gasteiger partial charge in [0.1, 0.15) is 30.3 Å². The molecule has 0 bridgehead atoms. The highest BCUT2D eigenvalue weighted by molar-refractivity contribution is 7.52. The molecule has 2 fully saturated rings. The number of aliphatic hydroxyl groups is 1. The number of esters is 1. The van der Waals surface area contributed by atoms with E-state index in [-0.39, 0.29) is 41.7 Å². The molecule has 4 N–H and O–H groups in total. The smallest absolute Gasteiger partial charge is 0.459 e. The molecule has 0 spiro atoms. The van der Waals surface area contributed by atoms with Crippen molar-refractivity contribution in [3.8, 4) is 5.75 Å². The van der Waals surface area contributed by atoms with Gasteiger partial charge in [0.15, 0.2) is 23.2 Å². The number of carbonyl (C=O) groups is 1. The summed E-state index contributed by atoms with van der Waals surface area (Å²) in [7, 11) is -4.27. The van der Waals surface area contributed by atoms with Crippen LogP contribution in [0.5, 0.6) is 5.75 Å². The van der Waals surface area contributed by atoms with Crippen LogP contribution in [0.4, 0.5) is 5.82 Å². The van der Waals surface area contributed by atoms with E-state index in [9.17, 15) is 14.5 Å². The van der Waals surface area contributed by atoms with Gasteiger partial charge < -0.3 is 24.8 Å². The van der Waals surface area contributed by atoms with E-state index in [1.54, 1.807) is 12.1 Å². The second-order valence-corrected chi connectivity index (χ2v) is 14.5. The lowest BCUT2D eigenvalue weighted by atomic mass is 9.97. The van der Waals surface area contributed by atoms with Gasteiger partial charge in [0, 0.05) is 11.8 Å². The highest BCUT2D eigenvalue weighted by atomic mass is 35.5. The molecule has 2 aromatic carbocycles. The summed E-state index contributed by atoms with van der Waals surface area (Å²) in [6, 6.07) is 12.0. The topological polar surface area (TPSA) is 173 Å². The molecule has 47 heavy (non-hydrogen) atoms. The summed E-state index contributed by atoms with van der Waals surface area (Å²) in [5.74, 6) is 0.0335. The van der Waals surface area contributed by atoms with Crippen LogP contribution in [-0.2, 0) is 23.4 Å². The SMILES string of the molecule is CC(C)C[C@H](NP(=O)(OC[C@@H]1C[C@H](O)[C@H](n2c(Cl)nc3c(N)ncnc32)O1)Oc1cccc2ccccc12)C(=O)OC1CCCCC1. The van der Waals surface area contributed by atoms with E-state index in [4.69, 9.17) is 35.9 Å². The zero-order valence-electron chi connectivity index (χ0n) is 26.3. The van der Waals surface area contributed by atoms with E-state index in [1.165, 1.54) is 10.9 Å². The number of anilines is 1. The predicted molar refractivity (Wildman–Crippen MR) is 177 cm³/mol. The lowest BCUT2D eigenvalue weighted by Crippen LogP contribution is -2.41. The van der Waals surface area contributed by atoms with Crippen molar-refractivity contribution < 1.29 is 33.0 Å². The number of nitrogen functional groups attached to an aromatic ring is 1. The number of aliphatic hydroxyl groups excluding tert-OH is 1. The third kappa shape index (κ3) is 7.72. The summed E-state index contributed by atoms with van der Waals surface area (Å²) < 4.78 is 40.4. The molecular formula is C32H40ClN6O7P. The van der Waals surface area contributed by atoms with Gasteiger partial charge in [-0.2, -0.15) is 5.09 Å². The molecule has 1 saturated carbocycles. The van der Waals surface area contributed by atoms with Crippen LogP contribution in [0.25, 0.3) is 21.9 Å². The maximum Gasteiger partial charge on any atom is 0.459 e. The van der Waals surface area contributed by atoms with Gasteiger partial charge >= 0.3 is 13.7 Å². The quantitative estimate of drug-likeness (QED) is 0.0910. The minimum atomic E-state index is -4.27. The van der Waals surface area contributed by atoms with Crippen LogP contribution >= 0.6 is 19.3 Å². The molecular weight excluding hydrogens is 647 g/mol. The monoisotopic (exact) mass is 686 g/mol. The first-order valence-electron chi connectivity index (χ1n) is 16.0. The van der Waals surface area contributed by atoms with Crippen LogP contribution in [0.2, 0.25) is 5.28 Å². The number of nitrogens with zero attached hydrogens (tertiary/aromatic N) is 4. The van der Waals surface area contributed by atoms with E-state index in [1.807, 2.05) is 44.2 Å². The lowest BCUT2D eigenvalue weighted by Gasteiger charge is -2.29. The lowest BCUT2D eigenvalue weighted by molar-refractivity contribution is -0.153. The fraction of sp³-hybridized carbons (Fsp3) is 0.500. The van der Waals surface area contributed by atoms with Crippen LogP contribution in [0.3, 0.4) is 0 Å². The molecule has 13 nitrogen and oxygen atoms in total. The summed E-state index contributed by atoms with van der Waals surface area (Å²) in [5, 5.41) is 15.5. The number of nitrogens with two attached hydrogens (primary N) is 1. The number of benzene rings is 2. The van der Waals surface area contributed by atoms with E-state index >= 15 is 0 Å². The number of rotatable bonds is 12. The number of imidazole rings is 1. The van der Waals surface area contributed by atoms with Crippen LogP contribution in [-0.4, -0.2) is 61.6 Å². The Labute approximate surface area is 277 Å². The Hall–Kier alpha value is -3.32. The molecule has 15 heteroatoms.